The van der Waals surface area contributed by atoms with Gasteiger partial charge in [0.1, 0.15) is 0 Å². The second-order valence-electron chi connectivity index (χ2n) is 7.87. The minimum absolute atomic E-state index is 0.616. The number of carbonyl (C=O) groups excluding carboxylic acids is 2. The molecule has 0 N–H and O–H groups in total. The highest BCUT2D eigenvalue weighted by molar-refractivity contribution is 7.90. The Morgan fingerprint density at radius 1 is 0.737 bits per heavy atom. The summed E-state index contributed by atoms with van der Waals surface area (Å²) in [5, 5.41) is 0. The fourth-order valence-corrected chi connectivity index (χ4v) is 4.33. The molecule has 0 aromatic heterocycles. The molecule has 5 heteroatoms. The van der Waals surface area contributed by atoms with Crippen molar-refractivity contribution in [3.8, 4) is 0 Å². The van der Waals surface area contributed by atoms with Crippen LogP contribution in [0.2, 0.25) is 0 Å². The Balaban J connectivity index is 5.86. The van der Waals surface area contributed by atoms with Crippen LogP contribution in [0.1, 0.15) is 62.3 Å². The lowest BCUT2D eigenvalue weighted by molar-refractivity contribution is -0.124. The predicted molar refractivity (Wildman–Crippen MR) is 77.4 cm³/mol. The van der Waals surface area contributed by atoms with Crippen molar-refractivity contribution in [2.24, 2.45) is 10.8 Å². The van der Waals surface area contributed by atoms with Gasteiger partial charge in [0.05, 0.1) is 5.60 Å². The predicted octanol–water partition coefficient (Wildman–Crippen LogP) is 4.23. The Morgan fingerprint density at radius 3 is 1.16 bits per heavy atom. The number of hydrogen-bond acceptors (Lipinski definition) is 4. The van der Waals surface area contributed by atoms with Crippen LogP contribution in [0.15, 0.2) is 0 Å². The highest BCUT2D eigenvalue weighted by atomic mass is 31.2. The minimum Gasteiger partial charge on any atom is -0.312 e. The lowest BCUT2D eigenvalue weighted by Crippen LogP contribution is -2.33. The zero-order chi connectivity index (χ0) is 15.9. The number of hydrogen-bond donors (Lipinski definition) is 0. The van der Waals surface area contributed by atoms with Crippen LogP contribution >= 0.6 is 7.37 Å². The average molecular weight is 290 g/mol. The second kappa shape index (κ2) is 5.14. The van der Waals surface area contributed by atoms with Crippen LogP contribution in [0.5, 0.6) is 0 Å². The van der Waals surface area contributed by atoms with Gasteiger partial charge >= 0.3 is 7.37 Å². The fraction of sp³-hybridized carbons (Fsp3) is 0.857. The van der Waals surface area contributed by atoms with E-state index in [1.54, 1.807) is 62.3 Å². The van der Waals surface area contributed by atoms with E-state index in [1.165, 1.54) is 0 Å². The standard InChI is InChI=1S/C14H27O4P/c1-12(2,3)10(15)19(17,18-14(7,8)9)11(16)13(4,5)6/h1-9H3. The van der Waals surface area contributed by atoms with Crippen molar-refractivity contribution in [3.05, 3.63) is 0 Å². The maximum absolute atomic E-state index is 13.0. The molecule has 0 aliphatic heterocycles. The molecule has 0 aromatic rings. The molecule has 0 saturated carbocycles. The Labute approximate surface area is 116 Å². The van der Waals surface area contributed by atoms with Crippen molar-refractivity contribution < 1.29 is 18.7 Å². The van der Waals surface area contributed by atoms with Crippen molar-refractivity contribution in [2.45, 2.75) is 67.9 Å². The van der Waals surface area contributed by atoms with Gasteiger partial charge in [-0.3, -0.25) is 14.2 Å². The van der Waals surface area contributed by atoms with Crippen LogP contribution < -0.4 is 0 Å². The second-order valence-corrected chi connectivity index (χ2v) is 9.96. The number of carbonyl (C=O) groups is 2. The lowest BCUT2D eigenvalue weighted by atomic mass is 9.99. The third-order valence-corrected chi connectivity index (χ3v) is 5.44. The van der Waals surface area contributed by atoms with Gasteiger partial charge in [-0.1, -0.05) is 41.5 Å². The average Bonchev–Trinajstić information content (AvgIpc) is 2.09. The monoisotopic (exact) mass is 290 g/mol. The van der Waals surface area contributed by atoms with Crippen LogP contribution in [0, 0.1) is 10.8 Å². The summed E-state index contributed by atoms with van der Waals surface area (Å²) in [7, 11) is -4.04. The topological polar surface area (TPSA) is 60.4 Å². The van der Waals surface area contributed by atoms with E-state index in [0.717, 1.165) is 0 Å². The number of rotatable bonds is 3. The first kappa shape index (κ1) is 18.5. The molecule has 0 aliphatic rings. The molecular formula is C14H27O4P. The van der Waals surface area contributed by atoms with Crippen LogP contribution in [-0.4, -0.2) is 16.6 Å². The van der Waals surface area contributed by atoms with Gasteiger partial charge in [-0.25, -0.2) is 0 Å². The molecule has 0 aliphatic carbocycles. The van der Waals surface area contributed by atoms with Crippen molar-refractivity contribution >= 4 is 18.4 Å². The highest BCUT2D eigenvalue weighted by Crippen LogP contribution is 2.59. The zero-order valence-electron chi connectivity index (χ0n) is 13.6. The van der Waals surface area contributed by atoms with E-state index in [4.69, 9.17) is 4.52 Å². The third-order valence-electron chi connectivity index (χ3n) is 2.22. The molecule has 0 saturated heterocycles. The molecule has 0 aromatic carbocycles. The molecule has 0 fully saturated rings. The van der Waals surface area contributed by atoms with E-state index < -0.39 is 34.8 Å². The van der Waals surface area contributed by atoms with Crippen LogP contribution in [-0.2, 0) is 18.7 Å². The summed E-state index contributed by atoms with van der Waals surface area (Å²) in [4.78, 5) is 24.9. The normalized spacial score (nSPS) is 14.4. The highest BCUT2D eigenvalue weighted by Gasteiger charge is 2.52. The zero-order valence-corrected chi connectivity index (χ0v) is 14.5. The van der Waals surface area contributed by atoms with Crippen LogP contribution in [0.4, 0.5) is 0 Å². The van der Waals surface area contributed by atoms with Gasteiger partial charge in [-0.2, -0.15) is 0 Å². The van der Waals surface area contributed by atoms with E-state index >= 15 is 0 Å². The summed E-state index contributed by atoms with van der Waals surface area (Å²) in [5.74, 6) is 0. The molecule has 0 spiro atoms. The van der Waals surface area contributed by atoms with E-state index in [1.807, 2.05) is 0 Å². The largest absolute Gasteiger partial charge is 0.332 e. The fourth-order valence-electron chi connectivity index (χ4n) is 1.44. The molecule has 0 heterocycles. The van der Waals surface area contributed by atoms with E-state index in [0.29, 0.717) is 0 Å². The van der Waals surface area contributed by atoms with Crippen molar-refractivity contribution in [1.29, 1.82) is 0 Å². The minimum atomic E-state index is -4.04. The van der Waals surface area contributed by atoms with Gasteiger partial charge in [-0.15, -0.1) is 0 Å². The smallest absolute Gasteiger partial charge is 0.312 e. The molecule has 0 amide bonds. The summed E-state index contributed by atoms with van der Waals surface area (Å²) >= 11 is 0. The SMILES string of the molecule is CC(C)(C)OP(=O)(C(=O)C(C)(C)C)C(=O)C(C)(C)C. The molecule has 19 heavy (non-hydrogen) atoms. The Morgan fingerprint density at radius 2 is 1.00 bits per heavy atom. The van der Waals surface area contributed by atoms with Crippen molar-refractivity contribution in [1.82, 2.24) is 0 Å². The van der Waals surface area contributed by atoms with Gasteiger partial charge in [0.25, 0.3) is 0 Å². The maximum Gasteiger partial charge on any atom is 0.332 e. The van der Waals surface area contributed by atoms with E-state index in [-0.39, 0.29) is 0 Å². The van der Waals surface area contributed by atoms with Gasteiger partial charge in [0, 0.05) is 10.8 Å². The molecule has 0 unspecified atom stereocenters. The van der Waals surface area contributed by atoms with E-state index in [2.05, 4.69) is 0 Å². The van der Waals surface area contributed by atoms with Crippen LogP contribution in [0.3, 0.4) is 0 Å². The molecule has 0 rings (SSSR count). The summed E-state index contributed by atoms with van der Waals surface area (Å²) < 4.78 is 18.5. The third kappa shape index (κ3) is 4.85. The van der Waals surface area contributed by atoms with Gasteiger partial charge in [0.15, 0.2) is 0 Å². The molecule has 0 bridgehead atoms. The molecule has 112 valence electrons. The van der Waals surface area contributed by atoms with Gasteiger partial charge in [-0.05, 0) is 20.8 Å². The molecule has 0 radical (unpaired) electrons. The van der Waals surface area contributed by atoms with Gasteiger partial charge < -0.3 is 4.52 Å². The van der Waals surface area contributed by atoms with Crippen LogP contribution in [0.25, 0.3) is 0 Å². The Hall–Kier alpha value is -0.470. The molecule has 0 atom stereocenters. The molecule has 4 nitrogen and oxygen atoms in total. The van der Waals surface area contributed by atoms with Crippen molar-refractivity contribution in [3.63, 3.8) is 0 Å². The lowest BCUT2D eigenvalue weighted by Gasteiger charge is -2.32. The summed E-state index contributed by atoms with van der Waals surface area (Å²) in [6.45, 7) is 14.9. The summed E-state index contributed by atoms with van der Waals surface area (Å²) in [6, 6.07) is 0. The Bertz CT molecular complexity index is 386. The maximum atomic E-state index is 13.0. The summed E-state index contributed by atoms with van der Waals surface area (Å²) in [5.41, 5.74) is -3.83. The first-order valence-electron chi connectivity index (χ1n) is 6.42. The van der Waals surface area contributed by atoms with Crippen molar-refractivity contribution in [2.75, 3.05) is 0 Å². The first-order valence-corrected chi connectivity index (χ1v) is 8.05. The van der Waals surface area contributed by atoms with Gasteiger partial charge in [0.2, 0.25) is 11.0 Å². The van der Waals surface area contributed by atoms with E-state index in [9.17, 15) is 14.2 Å². The summed E-state index contributed by atoms with van der Waals surface area (Å²) in [6.07, 6.45) is 0. The first-order chi connectivity index (χ1) is 8.02. The quantitative estimate of drug-likeness (QED) is 0.730. The molecular weight excluding hydrogens is 263 g/mol. The Kier molecular flexibility index (Phi) is 5.01.